The molecular weight excluding hydrogens is 579 g/mol. The molecule has 1 aliphatic heterocycles. The lowest BCUT2D eigenvalue weighted by atomic mass is 10.0. The van der Waals surface area contributed by atoms with Crippen molar-refractivity contribution in [1.82, 2.24) is 29.0 Å². The number of fused-ring (bicyclic) bond motifs is 1. The molecule has 3 aromatic heterocycles. The van der Waals surface area contributed by atoms with E-state index in [4.69, 9.17) is 9.47 Å². The van der Waals surface area contributed by atoms with E-state index in [9.17, 15) is 23.9 Å². The van der Waals surface area contributed by atoms with E-state index in [0.29, 0.717) is 39.8 Å². The second-order valence-electron chi connectivity index (χ2n) is 10.9. The van der Waals surface area contributed by atoms with Crippen molar-refractivity contribution < 1.29 is 23.8 Å². The number of hydrogen-bond acceptors (Lipinski definition) is 9. The zero-order valence-corrected chi connectivity index (χ0v) is 25.3. The predicted molar refractivity (Wildman–Crippen MR) is 158 cm³/mol. The number of thiophene rings is 1. The minimum Gasteiger partial charge on any atom is -0.496 e. The molecule has 4 aromatic rings. The van der Waals surface area contributed by atoms with Gasteiger partial charge in [-0.1, -0.05) is 23.5 Å². The van der Waals surface area contributed by atoms with Gasteiger partial charge in [-0.3, -0.25) is 14.2 Å². The minimum absolute atomic E-state index is 0.125. The topological polar surface area (TPSA) is 134 Å². The lowest BCUT2D eigenvalue weighted by molar-refractivity contribution is -0.138. The Kier molecular flexibility index (Phi) is 8.36. The molecule has 1 aromatic carbocycles. The standard InChI is InChI=1S/C29H33FN6O6S/c1-17(37)16-42-22(20-14-19(30)8-9-21(20)41-5)15-34-26-23(18(2)25(43-26)36-31-10-11-32-36)24(38)35(28(34)40)29(3,4)27(39)33-12-6-7-13-33/h6-11,14,17,22,37H,12-13,15-16H2,1-5H3/t17-,22+/m1/s1. The van der Waals surface area contributed by atoms with Gasteiger partial charge in [0.1, 0.15) is 33.0 Å². The molecule has 0 fully saturated rings. The number of aryl methyl sites for hydroxylation is 1. The van der Waals surface area contributed by atoms with E-state index in [-0.39, 0.29) is 18.5 Å². The third-order valence-electron chi connectivity index (χ3n) is 7.40. The van der Waals surface area contributed by atoms with Gasteiger partial charge in [0.25, 0.3) is 5.56 Å². The summed E-state index contributed by atoms with van der Waals surface area (Å²) in [7, 11) is 1.43. The van der Waals surface area contributed by atoms with Crippen LogP contribution in [0.3, 0.4) is 0 Å². The fourth-order valence-electron chi connectivity index (χ4n) is 5.25. The summed E-state index contributed by atoms with van der Waals surface area (Å²) in [5, 5.41) is 19.2. The molecule has 0 saturated heterocycles. The van der Waals surface area contributed by atoms with Crippen LogP contribution in [-0.2, 0) is 21.6 Å². The van der Waals surface area contributed by atoms with Crippen molar-refractivity contribution in [1.29, 1.82) is 0 Å². The van der Waals surface area contributed by atoms with Gasteiger partial charge in [-0.25, -0.2) is 13.8 Å². The van der Waals surface area contributed by atoms with Crippen LogP contribution in [0, 0.1) is 12.7 Å². The first-order chi connectivity index (χ1) is 20.4. The minimum atomic E-state index is -1.55. The summed E-state index contributed by atoms with van der Waals surface area (Å²) in [6.07, 6.45) is 4.85. The Hall–Kier alpha value is -4.14. The predicted octanol–water partition coefficient (Wildman–Crippen LogP) is 2.53. The number of ether oxygens (including phenoxy) is 2. The Labute approximate surface area is 250 Å². The Morgan fingerprint density at radius 3 is 2.49 bits per heavy atom. The van der Waals surface area contributed by atoms with Crippen LogP contribution in [0.15, 0.2) is 52.3 Å². The monoisotopic (exact) mass is 612 g/mol. The number of methoxy groups -OCH3 is 1. The van der Waals surface area contributed by atoms with Gasteiger partial charge >= 0.3 is 5.69 Å². The second-order valence-corrected chi connectivity index (χ2v) is 11.8. The third-order valence-corrected chi connectivity index (χ3v) is 8.68. The number of aliphatic hydroxyl groups excluding tert-OH is 1. The number of carbonyl (C=O) groups is 1. The smallest absolute Gasteiger partial charge is 0.333 e. The summed E-state index contributed by atoms with van der Waals surface area (Å²) in [4.78, 5) is 45.5. The first-order valence-corrected chi connectivity index (χ1v) is 14.5. The summed E-state index contributed by atoms with van der Waals surface area (Å²) in [5.41, 5.74) is -2.09. The van der Waals surface area contributed by atoms with Crippen LogP contribution in [-0.4, -0.2) is 73.0 Å². The van der Waals surface area contributed by atoms with Crippen LogP contribution < -0.4 is 16.0 Å². The van der Waals surface area contributed by atoms with Crippen molar-refractivity contribution in [2.24, 2.45) is 0 Å². The maximum Gasteiger partial charge on any atom is 0.333 e. The number of amides is 1. The number of carbonyl (C=O) groups excluding carboxylic acids is 1. The van der Waals surface area contributed by atoms with Gasteiger partial charge in [-0.15, -0.1) is 4.80 Å². The van der Waals surface area contributed by atoms with Gasteiger partial charge in [0.05, 0.1) is 44.1 Å². The lowest BCUT2D eigenvalue weighted by Gasteiger charge is -2.31. The number of nitrogens with zero attached hydrogens (tertiary/aromatic N) is 6. The average molecular weight is 613 g/mol. The van der Waals surface area contributed by atoms with Crippen LogP contribution in [0.25, 0.3) is 15.2 Å². The van der Waals surface area contributed by atoms with E-state index >= 15 is 0 Å². The van der Waals surface area contributed by atoms with Crippen molar-refractivity contribution in [3.63, 3.8) is 0 Å². The SMILES string of the molecule is COc1ccc(F)cc1[C@H](Cn1c(=O)n(C(C)(C)C(=O)N2CC=CC2)c(=O)c2c(C)c(-n3nccn3)sc21)OC[C@@H](C)O. The molecule has 0 bridgehead atoms. The molecule has 5 rings (SSSR count). The van der Waals surface area contributed by atoms with Gasteiger partial charge in [-0.2, -0.15) is 10.2 Å². The highest BCUT2D eigenvalue weighted by atomic mass is 32.1. The fraction of sp³-hybridized carbons (Fsp3) is 0.414. The van der Waals surface area contributed by atoms with Crippen molar-refractivity contribution in [2.45, 2.75) is 52.0 Å². The van der Waals surface area contributed by atoms with E-state index in [0.717, 1.165) is 15.9 Å². The molecule has 0 aliphatic carbocycles. The Balaban J connectivity index is 1.77. The quantitative estimate of drug-likeness (QED) is 0.270. The highest BCUT2D eigenvalue weighted by Crippen LogP contribution is 2.34. The van der Waals surface area contributed by atoms with Gasteiger partial charge < -0.3 is 19.5 Å². The number of halogens is 1. The first kappa shape index (κ1) is 30.3. The molecule has 0 radical (unpaired) electrons. The zero-order valence-electron chi connectivity index (χ0n) is 24.5. The van der Waals surface area contributed by atoms with E-state index in [1.54, 1.807) is 25.7 Å². The number of rotatable bonds is 10. The molecule has 0 spiro atoms. The average Bonchev–Trinajstić information content (AvgIpc) is 3.74. The van der Waals surface area contributed by atoms with Gasteiger partial charge in [-0.05, 0) is 45.9 Å². The van der Waals surface area contributed by atoms with E-state index in [1.165, 1.54) is 54.0 Å². The highest BCUT2D eigenvalue weighted by molar-refractivity contribution is 7.21. The Morgan fingerprint density at radius 2 is 1.86 bits per heavy atom. The number of benzene rings is 1. The molecule has 0 unspecified atom stereocenters. The van der Waals surface area contributed by atoms with E-state index < -0.39 is 40.7 Å². The molecular formula is C29H33FN6O6S. The molecule has 0 saturated carbocycles. The number of aliphatic hydroxyl groups is 1. The van der Waals surface area contributed by atoms with Crippen LogP contribution in [0.2, 0.25) is 0 Å². The highest BCUT2D eigenvalue weighted by Gasteiger charge is 2.39. The van der Waals surface area contributed by atoms with E-state index in [1.807, 2.05) is 12.2 Å². The molecule has 1 N–H and O–H groups in total. The molecule has 43 heavy (non-hydrogen) atoms. The maximum atomic E-state index is 14.5. The summed E-state index contributed by atoms with van der Waals surface area (Å²) >= 11 is 1.14. The van der Waals surface area contributed by atoms with Crippen LogP contribution in [0.1, 0.15) is 38.0 Å². The second kappa shape index (κ2) is 11.9. The largest absolute Gasteiger partial charge is 0.496 e. The van der Waals surface area contributed by atoms with Gasteiger partial charge in [0, 0.05) is 24.2 Å². The molecule has 1 aliphatic rings. The number of hydrogen-bond donors (Lipinski definition) is 1. The normalized spacial score (nSPS) is 14.9. The molecule has 14 heteroatoms. The zero-order chi connectivity index (χ0) is 31.1. The summed E-state index contributed by atoms with van der Waals surface area (Å²) < 4.78 is 28.3. The summed E-state index contributed by atoms with van der Waals surface area (Å²) in [6.45, 7) is 6.78. The van der Waals surface area contributed by atoms with Crippen LogP contribution in [0.4, 0.5) is 4.39 Å². The summed E-state index contributed by atoms with van der Waals surface area (Å²) in [5.74, 6) is -0.623. The lowest BCUT2D eigenvalue weighted by Crippen LogP contribution is -2.56. The van der Waals surface area contributed by atoms with Gasteiger partial charge in [0.15, 0.2) is 0 Å². The molecule has 228 valence electrons. The first-order valence-electron chi connectivity index (χ1n) is 13.7. The van der Waals surface area contributed by atoms with Crippen molar-refractivity contribution >= 4 is 27.5 Å². The van der Waals surface area contributed by atoms with Crippen LogP contribution in [0.5, 0.6) is 5.75 Å². The summed E-state index contributed by atoms with van der Waals surface area (Å²) in [6, 6.07) is 3.94. The molecule has 4 heterocycles. The Bertz CT molecular complexity index is 1800. The fourth-order valence-corrected chi connectivity index (χ4v) is 6.46. The van der Waals surface area contributed by atoms with E-state index in [2.05, 4.69) is 10.2 Å². The van der Waals surface area contributed by atoms with Crippen molar-refractivity contribution in [3.8, 4) is 10.8 Å². The van der Waals surface area contributed by atoms with Crippen molar-refractivity contribution in [3.05, 3.63) is 80.5 Å². The molecule has 12 nitrogen and oxygen atoms in total. The van der Waals surface area contributed by atoms with Gasteiger partial charge in [0.2, 0.25) is 5.91 Å². The van der Waals surface area contributed by atoms with Crippen LogP contribution >= 0.6 is 11.3 Å². The third kappa shape index (κ3) is 5.53. The van der Waals surface area contributed by atoms with Crippen molar-refractivity contribution in [2.75, 3.05) is 26.8 Å². The molecule has 1 amide bonds. The number of aromatic nitrogens is 5. The maximum absolute atomic E-state index is 14.5. The molecule has 2 atom stereocenters. The Morgan fingerprint density at radius 1 is 1.19 bits per heavy atom.